The minimum atomic E-state index is -0.145. The zero-order valence-electron chi connectivity index (χ0n) is 12.8. The minimum Gasteiger partial charge on any atom is -0.378 e. The molecule has 5 nitrogen and oxygen atoms in total. The zero-order chi connectivity index (χ0) is 15.5. The van der Waals surface area contributed by atoms with Gasteiger partial charge in [-0.2, -0.15) is 0 Å². The van der Waals surface area contributed by atoms with Crippen molar-refractivity contribution in [1.29, 1.82) is 0 Å². The molecule has 0 atom stereocenters. The summed E-state index contributed by atoms with van der Waals surface area (Å²) in [6.45, 7) is 0. The van der Waals surface area contributed by atoms with Gasteiger partial charge in [0.25, 0.3) is 5.91 Å². The van der Waals surface area contributed by atoms with Crippen LogP contribution >= 0.6 is 0 Å². The van der Waals surface area contributed by atoms with Gasteiger partial charge in [0.2, 0.25) is 0 Å². The highest BCUT2D eigenvalue weighted by atomic mass is 16.1. The van der Waals surface area contributed by atoms with Crippen molar-refractivity contribution in [3.63, 3.8) is 0 Å². The lowest BCUT2D eigenvalue weighted by Crippen LogP contribution is -2.16. The Bertz CT molecular complexity index is 663. The summed E-state index contributed by atoms with van der Waals surface area (Å²) in [5.74, 6) is 0.515. The third-order valence-electron chi connectivity index (χ3n) is 3.61. The van der Waals surface area contributed by atoms with Gasteiger partial charge >= 0.3 is 0 Å². The van der Waals surface area contributed by atoms with Crippen molar-refractivity contribution in [3.05, 3.63) is 48.2 Å². The summed E-state index contributed by atoms with van der Waals surface area (Å²) in [5, 5.41) is 6.22. The van der Waals surface area contributed by atoms with E-state index in [0.29, 0.717) is 17.4 Å². The second kappa shape index (κ2) is 6.05. The van der Waals surface area contributed by atoms with Crippen molar-refractivity contribution in [2.45, 2.75) is 18.9 Å². The van der Waals surface area contributed by atoms with Gasteiger partial charge in [0.05, 0.1) is 5.56 Å². The summed E-state index contributed by atoms with van der Waals surface area (Å²) < 4.78 is 0. The van der Waals surface area contributed by atoms with Gasteiger partial charge in [0, 0.05) is 37.7 Å². The lowest BCUT2D eigenvalue weighted by atomic mass is 10.2. The van der Waals surface area contributed by atoms with Gasteiger partial charge in [-0.1, -0.05) is 0 Å². The molecule has 1 aromatic heterocycles. The molecular formula is C17H20N4O. The van der Waals surface area contributed by atoms with Crippen LogP contribution < -0.4 is 15.5 Å². The van der Waals surface area contributed by atoms with E-state index >= 15 is 0 Å². The van der Waals surface area contributed by atoms with Crippen LogP contribution in [-0.4, -0.2) is 31.0 Å². The summed E-state index contributed by atoms with van der Waals surface area (Å²) in [5.41, 5.74) is 2.44. The third kappa shape index (κ3) is 3.36. The van der Waals surface area contributed by atoms with E-state index in [4.69, 9.17) is 0 Å². The Labute approximate surface area is 130 Å². The zero-order valence-corrected chi connectivity index (χ0v) is 12.8. The van der Waals surface area contributed by atoms with E-state index in [1.54, 1.807) is 18.3 Å². The molecule has 1 amide bonds. The van der Waals surface area contributed by atoms with E-state index < -0.39 is 0 Å². The molecule has 0 unspecified atom stereocenters. The lowest BCUT2D eigenvalue weighted by Gasteiger charge is -2.14. The first-order valence-electron chi connectivity index (χ1n) is 7.44. The molecule has 1 fully saturated rings. The summed E-state index contributed by atoms with van der Waals surface area (Å²) in [6, 6.07) is 11.8. The fourth-order valence-corrected chi connectivity index (χ4v) is 2.17. The molecule has 0 aliphatic heterocycles. The largest absolute Gasteiger partial charge is 0.378 e. The van der Waals surface area contributed by atoms with Crippen molar-refractivity contribution in [1.82, 2.24) is 4.98 Å². The predicted octanol–water partition coefficient (Wildman–Crippen LogP) is 2.97. The maximum absolute atomic E-state index is 12.5. The van der Waals surface area contributed by atoms with Crippen LogP contribution in [0.15, 0.2) is 42.6 Å². The van der Waals surface area contributed by atoms with Crippen molar-refractivity contribution >= 4 is 23.1 Å². The molecule has 1 heterocycles. The number of nitrogens with one attached hydrogen (secondary N) is 2. The Hall–Kier alpha value is -2.56. The highest BCUT2D eigenvalue weighted by Gasteiger charge is 2.23. The number of nitrogens with zero attached hydrogens (tertiary/aromatic N) is 2. The second-order valence-corrected chi connectivity index (χ2v) is 5.71. The molecule has 1 aliphatic rings. The van der Waals surface area contributed by atoms with Crippen molar-refractivity contribution < 1.29 is 4.79 Å². The predicted molar refractivity (Wildman–Crippen MR) is 89.6 cm³/mol. The molecule has 0 bridgehead atoms. The Balaban J connectivity index is 1.73. The molecule has 1 aliphatic carbocycles. The second-order valence-electron chi connectivity index (χ2n) is 5.71. The molecule has 0 radical (unpaired) electrons. The first-order valence-corrected chi connectivity index (χ1v) is 7.44. The SMILES string of the molecule is CN(C)c1ccc(NC(=O)c2cccnc2NC2CC2)cc1. The fourth-order valence-electron chi connectivity index (χ4n) is 2.17. The van der Waals surface area contributed by atoms with Gasteiger partial charge in [0.15, 0.2) is 0 Å². The summed E-state index contributed by atoms with van der Waals surface area (Å²) >= 11 is 0. The smallest absolute Gasteiger partial charge is 0.259 e. The monoisotopic (exact) mass is 296 g/mol. The molecular weight excluding hydrogens is 276 g/mol. The fraction of sp³-hybridized carbons (Fsp3) is 0.294. The van der Waals surface area contributed by atoms with Crippen molar-refractivity contribution in [2.75, 3.05) is 29.6 Å². The number of rotatable bonds is 5. The van der Waals surface area contributed by atoms with Crippen LogP contribution in [0.2, 0.25) is 0 Å². The Kier molecular flexibility index (Phi) is 3.96. The average Bonchev–Trinajstić information content (AvgIpc) is 3.32. The van der Waals surface area contributed by atoms with Gasteiger partial charge in [0.1, 0.15) is 5.82 Å². The molecule has 0 saturated heterocycles. The molecule has 2 aromatic rings. The van der Waals surface area contributed by atoms with E-state index in [9.17, 15) is 4.79 Å². The number of aromatic nitrogens is 1. The maximum Gasteiger partial charge on any atom is 0.259 e. The van der Waals surface area contributed by atoms with E-state index in [0.717, 1.165) is 24.2 Å². The first kappa shape index (κ1) is 14.4. The standard InChI is InChI=1S/C17H20N4O/c1-21(2)14-9-7-13(8-10-14)20-17(22)15-4-3-11-18-16(15)19-12-5-6-12/h3-4,7-12H,5-6H2,1-2H3,(H,18,19)(H,20,22). The quantitative estimate of drug-likeness (QED) is 0.890. The summed E-state index contributed by atoms with van der Waals surface area (Å²) in [7, 11) is 3.97. The lowest BCUT2D eigenvalue weighted by molar-refractivity contribution is 0.102. The highest BCUT2D eigenvalue weighted by molar-refractivity contribution is 6.07. The number of anilines is 3. The van der Waals surface area contributed by atoms with Crippen LogP contribution in [0.5, 0.6) is 0 Å². The van der Waals surface area contributed by atoms with E-state index in [2.05, 4.69) is 15.6 Å². The van der Waals surface area contributed by atoms with E-state index in [1.165, 1.54) is 0 Å². The molecule has 2 N–H and O–H groups in total. The average molecular weight is 296 g/mol. The molecule has 22 heavy (non-hydrogen) atoms. The van der Waals surface area contributed by atoms with Crippen LogP contribution in [0, 0.1) is 0 Å². The molecule has 114 valence electrons. The van der Waals surface area contributed by atoms with E-state index in [1.807, 2.05) is 43.3 Å². The number of hydrogen-bond donors (Lipinski definition) is 2. The first-order chi connectivity index (χ1) is 10.6. The van der Waals surface area contributed by atoms with Gasteiger partial charge in [-0.05, 0) is 49.2 Å². The number of amides is 1. The van der Waals surface area contributed by atoms with Crippen LogP contribution in [0.25, 0.3) is 0 Å². The number of carbonyl (C=O) groups excluding carboxylic acids is 1. The number of pyridine rings is 1. The van der Waals surface area contributed by atoms with Gasteiger partial charge in [-0.25, -0.2) is 4.98 Å². The topological polar surface area (TPSA) is 57.3 Å². The molecule has 5 heteroatoms. The molecule has 0 spiro atoms. The summed E-state index contributed by atoms with van der Waals surface area (Å²) in [4.78, 5) is 18.8. The molecule has 3 rings (SSSR count). The van der Waals surface area contributed by atoms with Crippen LogP contribution in [0.1, 0.15) is 23.2 Å². The number of carbonyl (C=O) groups is 1. The van der Waals surface area contributed by atoms with Crippen LogP contribution in [0.3, 0.4) is 0 Å². The van der Waals surface area contributed by atoms with E-state index in [-0.39, 0.29) is 5.91 Å². The number of benzene rings is 1. The maximum atomic E-state index is 12.5. The van der Waals surface area contributed by atoms with Gasteiger partial charge < -0.3 is 15.5 Å². The van der Waals surface area contributed by atoms with Gasteiger partial charge in [-0.3, -0.25) is 4.79 Å². The molecule has 1 aromatic carbocycles. The Morgan fingerprint density at radius 3 is 2.55 bits per heavy atom. The van der Waals surface area contributed by atoms with Crippen LogP contribution in [0.4, 0.5) is 17.2 Å². The van der Waals surface area contributed by atoms with Crippen LogP contribution in [-0.2, 0) is 0 Å². The molecule has 1 saturated carbocycles. The summed E-state index contributed by atoms with van der Waals surface area (Å²) in [6.07, 6.45) is 3.99. The highest BCUT2D eigenvalue weighted by Crippen LogP contribution is 2.26. The minimum absolute atomic E-state index is 0.145. The van der Waals surface area contributed by atoms with Crippen molar-refractivity contribution in [2.24, 2.45) is 0 Å². The Morgan fingerprint density at radius 1 is 1.18 bits per heavy atom. The van der Waals surface area contributed by atoms with Gasteiger partial charge in [-0.15, -0.1) is 0 Å². The number of hydrogen-bond acceptors (Lipinski definition) is 4. The Morgan fingerprint density at radius 2 is 1.91 bits per heavy atom. The third-order valence-corrected chi connectivity index (χ3v) is 3.61. The van der Waals surface area contributed by atoms with Crippen molar-refractivity contribution in [3.8, 4) is 0 Å². The normalized spacial score (nSPS) is 13.5.